The van der Waals surface area contributed by atoms with Gasteiger partial charge in [-0.25, -0.2) is 4.79 Å². The molecule has 7 heteroatoms. The van der Waals surface area contributed by atoms with Crippen molar-refractivity contribution in [2.75, 3.05) is 11.5 Å². The van der Waals surface area contributed by atoms with Gasteiger partial charge in [0.15, 0.2) is 0 Å². The summed E-state index contributed by atoms with van der Waals surface area (Å²) in [6.45, 7) is 0. The second-order valence-corrected chi connectivity index (χ2v) is 8.07. The molecule has 0 aromatic heterocycles. The molecule has 2 aromatic rings. The molecule has 0 radical (unpaired) electrons. The Kier molecular flexibility index (Phi) is 9.24. The summed E-state index contributed by atoms with van der Waals surface area (Å²) in [5.41, 5.74) is 8.20. The number of nitrogens with one attached hydrogen (secondary N) is 1. The van der Waals surface area contributed by atoms with Crippen LogP contribution in [-0.2, 0) is 21.1 Å². The molecule has 0 unspecified atom stereocenters. The maximum absolute atomic E-state index is 12.2. The van der Waals surface area contributed by atoms with Crippen molar-refractivity contribution in [3.8, 4) is 0 Å². The molecule has 4 N–H and O–H groups in total. The topological polar surface area (TPSA) is 92.4 Å². The molecule has 2 aromatic carbocycles. The number of benzene rings is 2. The van der Waals surface area contributed by atoms with Gasteiger partial charge in [0.2, 0.25) is 5.91 Å². The van der Waals surface area contributed by atoms with Crippen molar-refractivity contribution in [2.24, 2.45) is 5.73 Å². The molecule has 144 valence electrons. The minimum Gasteiger partial charge on any atom is -0.480 e. The molecule has 0 aliphatic rings. The maximum atomic E-state index is 12.2. The normalized spacial score (nSPS) is 12.9. The number of aliphatic carboxylic acids is 1. The molecule has 1 amide bonds. The van der Waals surface area contributed by atoms with E-state index in [0.29, 0.717) is 17.3 Å². The van der Waals surface area contributed by atoms with Gasteiger partial charge >= 0.3 is 5.97 Å². The number of rotatable bonds is 11. The van der Waals surface area contributed by atoms with Crippen LogP contribution in [0.3, 0.4) is 0 Å². The third-order valence-electron chi connectivity index (χ3n) is 3.76. The number of carboxylic acids is 1. The minimum atomic E-state index is -1.05. The fourth-order valence-corrected chi connectivity index (χ4v) is 4.23. The summed E-state index contributed by atoms with van der Waals surface area (Å²) in [5, 5.41) is 11.9. The van der Waals surface area contributed by atoms with Crippen molar-refractivity contribution in [3.63, 3.8) is 0 Å². The van der Waals surface area contributed by atoms with E-state index in [2.05, 4.69) is 5.32 Å². The average Bonchev–Trinajstić information content (AvgIpc) is 2.68. The lowest BCUT2D eigenvalue weighted by Crippen LogP contribution is -2.50. The molecule has 0 heterocycles. The number of hydrogen-bond donors (Lipinski definition) is 3. The van der Waals surface area contributed by atoms with Crippen LogP contribution in [0.5, 0.6) is 0 Å². The van der Waals surface area contributed by atoms with Crippen LogP contribution in [0.15, 0.2) is 60.7 Å². The number of thioether (sulfide) groups is 2. The zero-order chi connectivity index (χ0) is 19.5. The molecule has 0 aliphatic carbocycles. The molecular weight excluding hydrogens is 380 g/mol. The van der Waals surface area contributed by atoms with Crippen molar-refractivity contribution in [1.82, 2.24) is 5.32 Å². The second-order valence-electron chi connectivity index (χ2n) is 6.01. The van der Waals surface area contributed by atoms with Crippen LogP contribution in [0.25, 0.3) is 0 Å². The Balaban J connectivity index is 1.73. The molecule has 0 saturated carbocycles. The first-order valence-corrected chi connectivity index (χ1v) is 10.9. The molecule has 0 saturated heterocycles. The highest BCUT2D eigenvalue weighted by atomic mass is 32.2. The van der Waals surface area contributed by atoms with Crippen molar-refractivity contribution in [3.05, 3.63) is 71.8 Å². The van der Waals surface area contributed by atoms with Gasteiger partial charge in [0.05, 0.1) is 6.04 Å². The zero-order valence-corrected chi connectivity index (χ0v) is 16.5. The van der Waals surface area contributed by atoms with Crippen LogP contribution in [0, 0.1) is 0 Å². The Bertz CT molecular complexity index is 714. The van der Waals surface area contributed by atoms with E-state index in [1.54, 1.807) is 11.8 Å². The Hall–Kier alpha value is -1.96. The molecule has 5 nitrogen and oxygen atoms in total. The van der Waals surface area contributed by atoms with Gasteiger partial charge in [-0.1, -0.05) is 60.7 Å². The van der Waals surface area contributed by atoms with E-state index < -0.39 is 24.0 Å². The lowest BCUT2D eigenvalue weighted by atomic mass is 10.2. The van der Waals surface area contributed by atoms with E-state index in [0.717, 1.165) is 16.9 Å². The molecule has 0 spiro atoms. The van der Waals surface area contributed by atoms with Gasteiger partial charge in [-0.3, -0.25) is 4.79 Å². The van der Waals surface area contributed by atoms with Gasteiger partial charge in [0.25, 0.3) is 0 Å². The summed E-state index contributed by atoms with van der Waals surface area (Å²) < 4.78 is 0. The predicted molar refractivity (Wildman–Crippen MR) is 113 cm³/mol. The Morgan fingerprint density at radius 1 is 0.889 bits per heavy atom. The minimum absolute atomic E-state index is 0.292. The van der Waals surface area contributed by atoms with Crippen LogP contribution >= 0.6 is 23.5 Å². The molecule has 2 atom stereocenters. The fraction of sp³-hybridized carbons (Fsp3) is 0.300. The Morgan fingerprint density at radius 2 is 1.37 bits per heavy atom. The summed E-state index contributed by atoms with van der Waals surface area (Å²) in [5.74, 6) is 0.706. The lowest BCUT2D eigenvalue weighted by molar-refractivity contribution is -0.141. The van der Waals surface area contributed by atoms with Crippen molar-refractivity contribution < 1.29 is 14.7 Å². The number of carbonyl (C=O) groups is 2. The summed E-state index contributed by atoms with van der Waals surface area (Å²) in [4.78, 5) is 23.6. The summed E-state index contributed by atoms with van der Waals surface area (Å²) in [7, 11) is 0. The quantitative estimate of drug-likeness (QED) is 0.533. The number of nitrogens with two attached hydrogens (primary N) is 1. The first kappa shape index (κ1) is 21.3. The summed E-state index contributed by atoms with van der Waals surface area (Å²) in [6.07, 6.45) is 0. The third kappa shape index (κ3) is 8.07. The molecule has 0 bridgehead atoms. The van der Waals surface area contributed by atoms with Crippen LogP contribution in [0.4, 0.5) is 0 Å². The lowest BCUT2D eigenvalue weighted by Gasteiger charge is -2.17. The predicted octanol–water partition coefficient (Wildman–Crippen LogP) is 2.75. The van der Waals surface area contributed by atoms with E-state index in [4.69, 9.17) is 5.73 Å². The molecule has 2 rings (SSSR count). The number of hydrogen-bond acceptors (Lipinski definition) is 5. The molecule has 0 aliphatic heterocycles. The van der Waals surface area contributed by atoms with Gasteiger partial charge in [-0.05, 0) is 11.1 Å². The van der Waals surface area contributed by atoms with Gasteiger partial charge in [-0.15, -0.1) is 0 Å². The number of carboxylic acid groups (broad SMARTS) is 1. The van der Waals surface area contributed by atoms with Gasteiger partial charge in [-0.2, -0.15) is 23.5 Å². The smallest absolute Gasteiger partial charge is 0.327 e. The molecular formula is C20H24N2O3S2. The molecule has 27 heavy (non-hydrogen) atoms. The SMILES string of the molecule is N[C@@H](CSCc1ccccc1)C(=O)N[C@@H](CSCc1ccccc1)C(=O)O. The van der Waals surface area contributed by atoms with E-state index in [1.807, 2.05) is 60.7 Å². The summed E-state index contributed by atoms with van der Waals surface area (Å²) in [6, 6.07) is 18.0. The highest BCUT2D eigenvalue weighted by Gasteiger charge is 2.23. The first-order chi connectivity index (χ1) is 13.1. The largest absolute Gasteiger partial charge is 0.480 e. The van der Waals surface area contributed by atoms with E-state index in [-0.39, 0.29) is 0 Å². The van der Waals surface area contributed by atoms with Crippen molar-refractivity contribution in [1.29, 1.82) is 0 Å². The van der Waals surface area contributed by atoms with Crippen LogP contribution in [0.2, 0.25) is 0 Å². The van der Waals surface area contributed by atoms with Gasteiger partial charge < -0.3 is 16.2 Å². The first-order valence-electron chi connectivity index (χ1n) is 8.58. The Labute approximate surface area is 168 Å². The average molecular weight is 405 g/mol. The zero-order valence-electron chi connectivity index (χ0n) is 14.9. The Morgan fingerprint density at radius 3 is 1.85 bits per heavy atom. The fourth-order valence-electron chi connectivity index (χ4n) is 2.28. The van der Waals surface area contributed by atoms with Gasteiger partial charge in [0, 0.05) is 23.0 Å². The highest BCUT2D eigenvalue weighted by Crippen LogP contribution is 2.14. The van der Waals surface area contributed by atoms with E-state index >= 15 is 0 Å². The molecule has 0 fully saturated rings. The monoisotopic (exact) mass is 404 g/mol. The maximum Gasteiger partial charge on any atom is 0.327 e. The number of carbonyl (C=O) groups excluding carboxylic acids is 1. The van der Waals surface area contributed by atoms with Gasteiger partial charge in [0.1, 0.15) is 6.04 Å². The van der Waals surface area contributed by atoms with Crippen molar-refractivity contribution in [2.45, 2.75) is 23.6 Å². The van der Waals surface area contributed by atoms with E-state index in [9.17, 15) is 14.7 Å². The van der Waals surface area contributed by atoms with Crippen LogP contribution in [-0.4, -0.2) is 40.6 Å². The van der Waals surface area contributed by atoms with E-state index in [1.165, 1.54) is 11.8 Å². The summed E-state index contributed by atoms with van der Waals surface area (Å²) >= 11 is 3.02. The van der Waals surface area contributed by atoms with Crippen molar-refractivity contribution >= 4 is 35.4 Å². The second kappa shape index (κ2) is 11.7. The number of amides is 1. The van der Waals surface area contributed by atoms with Crippen LogP contribution in [0.1, 0.15) is 11.1 Å². The third-order valence-corrected chi connectivity index (χ3v) is 6.00. The standard InChI is InChI=1S/C20H24N2O3S2/c21-17(13-26-11-15-7-3-1-4-8-15)19(23)22-18(20(24)25)14-27-12-16-9-5-2-6-10-16/h1-10,17-18H,11-14,21H2,(H,22,23)(H,24,25)/t17-,18-/m0/s1. The highest BCUT2D eigenvalue weighted by molar-refractivity contribution is 7.98. The van der Waals surface area contributed by atoms with Crippen LogP contribution < -0.4 is 11.1 Å².